The minimum absolute atomic E-state index is 0.213. The van der Waals surface area contributed by atoms with E-state index in [-0.39, 0.29) is 17.4 Å². The molecular weight excluding hydrogens is 181 g/mol. The molecule has 0 atom stereocenters. The van der Waals surface area contributed by atoms with Gasteiger partial charge in [-0.15, -0.1) is 0 Å². The van der Waals surface area contributed by atoms with Crippen molar-refractivity contribution in [3.63, 3.8) is 0 Å². The van der Waals surface area contributed by atoms with E-state index in [0.29, 0.717) is 6.92 Å². The molecule has 0 bridgehead atoms. The highest BCUT2D eigenvalue weighted by Crippen LogP contribution is 2.27. The van der Waals surface area contributed by atoms with Crippen molar-refractivity contribution >= 4 is 6.29 Å². The molecule has 0 saturated carbocycles. The third kappa shape index (κ3) is 2.08. The zero-order valence-electron chi connectivity index (χ0n) is 6.85. The van der Waals surface area contributed by atoms with Crippen molar-refractivity contribution in [3.8, 4) is 0 Å². The Morgan fingerprint density at radius 3 is 2.46 bits per heavy atom. The first-order chi connectivity index (χ1) is 5.95. The van der Waals surface area contributed by atoms with Crippen molar-refractivity contribution in [3.05, 3.63) is 35.1 Å². The Balaban J connectivity index is 3.21. The van der Waals surface area contributed by atoms with Gasteiger partial charge in [-0.2, -0.15) is 0 Å². The summed E-state index contributed by atoms with van der Waals surface area (Å²) in [5.74, 6) is -3.84. The van der Waals surface area contributed by atoms with Crippen LogP contribution in [0.4, 0.5) is 13.2 Å². The summed E-state index contributed by atoms with van der Waals surface area (Å²) < 4.78 is 38.0. The Morgan fingerprint density at radius 1 is 1.38 bits per heavy atom. The molecule has 0 N–H and O–H groups in total. The lowest BCUT2D eigenvalue weighted by Gasteiger charge is -2.10. The highest BCUT2D eigenvalue weighted by molar-refractivity contribution is 5.75. The van der Waals surface area contributed by atoms with Gasteiger partial charge < -0.3 is 0 Å². The van der Waals surface area contributed by atoms with Gasteiger partial charge in [0.05, 0.1) is 5.56 Å². The summed E-state index contributed by atoms with van der Waals surface area (Å²) >= 11 is 0. The fourth-order valence-electron chi connectivity index (χ4n) is 0.907. The monoisotopic (exact) mass is 188 g/mol. The first-order valence-electron chi connectivity index (χ1n) is 3.58. The predicted molar refractivity (Wildman–Crippen MR) is 41.4 cm³/mol. The van der Waals surface area contributed by atoms with E-state index in [1.807, 2.05) is 0 Å². The minimum atomic E-state index is -3.05. The van der Waals surface area contributed by atoms with Gasteiger partial charge in [-0.1, -0.05) is 6.07 Å². The van der Waals surface area contributed by atoms with Gasteiger partial charge in [0.15, 0.2) is 6.29 Å². The van der Waals surface area contributed by atoms with Crippen molar-refractivity contribution in [1.29, 1.82) is 0 Å². The third-order valence-corrected chi connectivity index (χ3v) is 1.63. The molecule has 0 fully saturated rings. The van der Waals surface area contributed by atoms with E-state index >= 15 is 0 Å². The number of rotatable bonds is 2. The molecule has 1 rings (SSSR count). The van der Waals surface area contributed by atoms with Crippen molar-refractivity contribution in [2.75, 3.05) is 0 Å². The lowest BCUT2D eigenvalue weighted by Crippen LogP contribution is -2.07. The van der Waals surface area contributed by atoms with E-state index in [4.69, 9.17) is 0 Å². The number of hydrogen-bond donors (Lipinski definition) is 0. The van der Waals surface area contributed by atoms with E-state index in [2.05, 4.69) is 0 Å². The zero-order chi connectivity index (χ0) is 10.1. The van der Waals surface area contributed by atoms with Gasteiger partial charge >= 0.3 is 0 Å². The molecule has 0 aromatic heterocycles. The SMILES string of the molecule is CC(F)(F)c1ccc(F)c(C=O)c1. The number of benzene rings is 1. The Morgan fingerprint density at radius 2 is 2.00 bits per heavy atom. The van der Waals surface area contributed by atoms with Crippen LogP contribution in [0.1, 0.15) is 22.8 Å². The lowest BCUT2D eigenvalue weighted by atomic mass is 10.1. The lowest BCUT2D eigenvalue weighted by molar-refractivity contribution is 0.0174. The Bertz CT molecular complexity index is 328. The second-order valence-electron chi connectivity index (χ2n) is 2.74. The fraction of sp³-hybridized carbons (Fsp3) is 0.222. The van der Waals surface area contributed by atoms with Crippen molar-refractivity contribution in [2.24, 2.45) is 0 Å². The summed E-state index contributed by atoms with van der Waals surface area (Å²) in [6, 6.07) is 2.67. The molecule has 1 aromatic rings. The van der Waals surface area contributed by atoms with Crippen LogP contribution in [-0.4, -0.2) is 6.29 Å². The molecule has 0 spiro atoms. The Kier molecular flexibility index (Phi) is 2.40. The Hall–Kier alpha value is -1.32. The molecule has 0 heterocycles. The maximum absolute atomic E-state index is 12.7. The number of carbonyl (C=O) groups is 1. The maximum atomic E-state index is 12.7. The van der Waals surface area contributed by atoms with Crippen molar-refractivity contribution < 1.29 is 18.0 Å². The number of aldehydes is 1. The van der Waals surface area contributed by atoms with Crippen LogP contribution in [0, 0.1) is 5.82 Å². The number of hydrogen-bond acceptors (Lipinski definition) is 1. The number of halogens is 3. The van der Waals surface area contributed by atoms with Gasteiger partial charge in [0, 0.05) is 12.5 Å². The molecule has 70 valence electrons. The van der Waals surface area contributed by atoms with E-state index in [9.17, 15) is 18.0 Å². The van der Waals surface area contributed by atoms with E-state index in [1.54, 1.807) is 0 Å². The highest BCUT2D eigenvalue weighted by Gasteiger charge is 2.24. The van der Waals surface area contributed by atoms with Crippen LogP contribution in [0.3, 0.4) is 0 Å². The maximum Gasteiger partial charge on any atom is 0.270 e. The molecule has 0 unspecified atom stereocenters. The minimum Gasteiger partial charge on any atom is -0.298 e. The largest absolute Gasteiger partial charge is 0.298 e. The molecule has 0 aliphatic heterocycles. The summed E-state index contributed by atoms with van der Waals surface area (Å²) in [6.07, 6.45) is 0.213. The molecule has 0 radical (unpaired) electrons. The van der Waals surface area contributed by atoms with Crippen LogP contribution < -0.4 is 0 Å². The van der Waals surface area contributed by atoms with Crippen LogP contribution in [-0.2, 0) is 5.92 Å². The molecule has 0 amide bonds. The normalized spacial score (nSPS) is 11.4. The second kappa shape index (κ2) is 3.20. The van der Waals surface area contributed by atoms with E-state index in [0.717, 1.165) is 18.2 Å². The molecule has 0 aliphatic rings. The summed E-state index contributed by atoms with van der Waals surface area (Å²) in [4.78, 5) is 10.2. The van der Waals surface area contributed by atoms with Crippen LogP contribution in [0.5, 0.6) is 0 Å². The molecule has 1 aromatic carbocycles. The average Bonchev–Trinajstić information content (AvgIpc) is 2.03. The van der Waals surface area contributed by atoms with Crippen LogP contribution in [0.2, 0.25) is 0 Å². The van der Waals surface area contributed by atoms with Gasteiger partial charge in [0.1, 0.15) is 5.82 Å². The predicted octanol–water partition coefficient (Wildman–Crippen LogP) is 2.75. The zero-order valence-corrected chi connectivity index (χ0v) is 6.85. The van der Waals surface area contributed by atoms with Gasteiger partial charge in [-0.25, -0.2) is 13.2 Å². The standard InChI is InChI=1S/C9H7F3O/c1-9(11,12)7-2-3-8(10)6(4-7)5-13/h2-5H,1H3. The van der Waals surface area contributed by atoms with E-state index < -0.39 is 11.7 Å². The molecule has 0 aliphatic carbocycles. The Labute approximate surface area is 73.2 Å². The third-order valence-electron chi connectivity index (χ3n) is 1.63. The average molecular weight is 188 g/mol. The molecule has 13 heavy (non-hydrogen) atoms. The van der Waals surface area contributed by atoms with Gasteiger partial charge in [-0.3, -0.25) is 4.79 Å². The first-order valence-corrected chi connectivity index (χ1v) is 3.58. The topological polar surface area (TPSA) is 17.1 Å². The van der Waals surface area contributed by atoms with Crippen LogP contribution >= 0.6 is 0 Å². The second-order valence-corrected chi connectivity index (χ2v) is 2.74. The molecule has 0 saturated heterocycles. The van der Waals surface area contributed by atoms with Gasteiger partial charge in [0.25, 0.3) is 5.92 Å². The van der Waals surface area contributed by atoms with Crippen LogP contribution in [0.15, 0.2) is 18.2 Å². The molecule has 1 nitrogen and oxygen atoms in total. The molecule has 4 heteroatoms. The summed E-state index contributed by atoms with van der Waals surface area (Å²) in [7, 11) is 0. The highest BCUT2D eigenvalue weighted by atomic mass is 19.3. The molecular formula is C9H7F3O. The summed E-state index contributed by atoms with van der Waals surface area (Å²) in [5.41, 5.74) is -0.713. The van der Waals surface area contributed by atoms with E-state index in [1.165, 1.54) is 0 Å². The van der Waals surface area contributed by atoms with Crippen molar-refractivity contribution in [2.45, 2.75) is 12.8 Å². The van der Waals surface area contributed by atoms with Gasteiger partial charge in [0.2, 0.25) is 0 Å². The quantitative estimate of drug-likeness (QED) is 0.652. The summed E-state index contributed by atoms with van der Waals surface area (Å²) in [6.45, 7) is 0.689. The smallest absolute Gasteiger partial charge is 0.270 e. The van der Waals surface area contributed by atoms with Crippen LogP contribution in [0.25, 0.3) is 0 Å². The number of carbonyl (C=O) groups excluding carboxylic acids is 1. The summed E-state index contributed by atoms with van der Waals surface area (Å²) in [5, 5.41) is 0. The van der Waals surface area contributed by atoms with Gasteiger partial charge in [-0.05, 0) is 12.1 Å². The van der Waals surface area contributed by atoms with Crippen molar-refractivity contribution in [1.82, 2.24) is 0 Å². The first kappa shape index (κ1) is 9.77. The number of alkyl halides is 2. The fourth-order valence-corrected chi connectivity index (χ4v) is 0.907.